The molecule has 5 heteroatoms. The molecule has 2 heterocycles. The molecule has 2 aromatic rings. The first-order chi connectivity index (χ1) is 9.81. The molecule has 2 aliphatic rings. The zero-order chi connectivity index (χ0) is 13.5. The van der Waals surface area contributed by atoms with Crippen molar-refractivity contribution in [1.29, 1.82) is 0 Å². The van der Waals surface area contributed by atoms with E-state index in [1.54, 1.807) is 0 Å². The van der Waals surface area contributed by atoms with Crippen LogP contribution in [-0.4, -0.2) is 29.3 Å². The van der Waals surface area contributed by atoms with Gasteiger partial charge in [0.2, 0.25) is 0 Å². The first kappa shape index (κ1) is 11.9. The van der Waals surface area contributed by atoms with Crippen LogP contribution in [0.1, 0.15) is 12.8 Å². The second kappa shape index (κ2) is 4.59. The zero-order valence-corrected chi connectivity index (χ0v) is 11.3. The number of benzene rings is 1. The third kappa shape index (κ3) is 2.08. The van der Waals surface area contributed by atoms with Gasteiger partial charge in [0, 0.05) is 24.7 Å². The molecule has 0 amide bonds. The minimum absolute atomic E-state index is 0.237. The third-order valence-electron chi connectivity index (χ3n) is 4.36. The summed E-state index contributed by atoms with van der Waals surface area (Å²) in [6, 6.07) is 10.1. The van der Waals surface area contributed by atoms with Crippen molar-refractivity contribution in [2.24, 2.45) is 17.6 Å². The SMILES string of the molecule is N[C@H]1CN(c2noc(-c3ccccc3)n2)C[C@@H]1C1CC1. The lowest BCUT2D eigenvalue weighted by molar-refractivity contribution is 0.429. The van der Waals surface area contributed by atoms with E-state index in [9.17, 15) is 0 Å². The summed E-state index contributed by atoms with van der Waals surface area (Å²) in [6.45, 7) is 1.79. The smallest absolute Gasteiger partial charge is 0.266 e. The van der Waals surface area contributed by atoms with Crippen molar-refractivity contribution in [2.75, 3.05) is 18.0 Å². The first-order valence-corrected chi connectivity index (χ1v) is 7.21. The molecule has 104 valence electrons. The Morgan fingerprint density at radius 1 is 1.15 bits per heavy atom. The van der Waals surface area contributed by atoms with E-state index in [1.165, 1.54) is 12.8 Å². The van der Waals surface area contributed by atoms with Crippen LogP contribution in [0.4, 0.5) is 5.95 Å². The van der Waals surface area contributed by atoms with Crippen molar-refractivity contribution >= 4 is 5.95 Å². The van der Waals surface area contributed by atoms with Crippen LogP contribution >= 0.6 is 0 Å². The highest BCUT2D eigenvalue weighted by Gasteiger charge is 2.41. The van der Waals surface area contributed by atoms with Gasteiger partial charge in [-0.05, 0) is 42.0 Å². The van der Waals surface area contributed by atoms with E-state index in [-0.39, 0.29) is 6.04 Å². The molecule has 0 bridgehead atoms. The number of anilines is 1. The summed E-state index contributed by atoms with van der Waals surface area (Å²) < 4.78 is 5.37. The molecular weight excluding hydrogens is 252 g/mol. The maximum Gasteiger partial charge on any atom is 0.266 e. The molecule has 1 aromatic heterocycles. The molecule has 20 heavy (non-hydrogen) atoms. The second-order valence-electron chi connectivity index (χ2n) is 5.84. The summed E-state index contributed by atoms with van der Waals surface area (Å²) in [4.78, 5) is 6.66. The molecule has 0 unspecified atom stereocenters. The lowest BCUT2D eigenvalue weighted by Crippen LogP contribution is -2.30. The Bertz CT molecular complexity index is 593. The summed E-state index contributed by atoms with van der Waals surface area (Å²) in [5, 5.41) is 4.11. The van der Waals surface area contributed by atoms with Gasteiger partial charge in [-0.25, -0.2) is 0 Å². The lowest BCUT2D eigenvalue weighted by Gasteiger charge is -2.12. The number of hydrogen-bond acceptors (Lipinski definition) is 5. The summed E-state index contributed by atoms with van der Waals surface area (Å²) >= 11 is 0. The van der Waals surface area contributed by atoms with Gasteiger partial charge >= 0.3 is 0 Å². The number of nitrogens with two attached hydrogens (primary N) is 1. The van der Waals surface area contributed by atoms with Crippen LogP contribution in [0, 0.1) is 11.8 Å². The van der Waals surface area contributed by atoms with Crippen LogP contribution in [-0.2, 0) is 0 Å². The van der Waals surface area contributed by atoms with Crippen LogP contribution in [0.5, 0.6) is 0 Å². The van der Waals surface area contributed by atoms with Crippen LogP contribution in [0.25, 0.3) is 11.5 Å². The van der Waals surface area contributed by atoms with E-state index in [1.807, 2.05) is 30.3 Å². The van der Waals surface area contributed by atoms with Crippen molar-refractivity contribution in [2.45, 2.75) is 18.9 Å². The summed E-state index contributed by atoms with van der Waals surface area (Å²) in [6.07, 6.45) is 2.65. The fourth-order valence-corrected chi connectivity index (χ4v) is 3.08. The van der Waals surface area contributed by atoms with E-state index in [0.29, 0.717) is 17.8 Å². The number of hydrogen-bond donors (Lipinski definition) is 1. The van der Waals surface area contributed by atoms with Crippen molar-refractivity contribution < 1.29 is 4.52 Å². The second-order valence-corrected chi connectivity index (χ2v) is 5.84. The van der Waals surface area contributed by atoms with E-state index >= 15 is 0 Å². The molecule has 5 nitrogen and oxygen atoms in total. The lowest BCUT2D eigenvalue weighted by atomic mass is 9.99. The van der Waals surface area contributed by atoms with Gasteiger partial charge in [-0.15, -0.1) is 0 Å². The summed E-state index contributed by atoms with van der Waals surface area (Å²) in [7, 11) is 0. The third-order valence-corrected chi connectivity index (χ3v) is 4.36. The monoisotopic (exact) mass is 270 g/mol. The minimum Gasteiger partial charge on any atom is -0.336 e. The van der Waals surface area contributed by atoms with Gasteiger partial charge in [-0.1, -0.05) is 18.2 Å². The van der Waals surface area contributed by atoms with Crippen LogP contribution in [0.15, 0.2) is 34.9 Å². The molecule has 4 rings (SSSR count). The maximum atomic E-state index is 6.24. The van der Waals surface area contributed by atoms with Crippen molar-refractivity contribution in [3.63, 3.8) is 0 Å². The van der Waals surface area contributed by atoms with Gasteiger partial charge in [-0.3, -0.25) is 0 Å². The van der Waals surface area contributed by atoms with E-state index in [2.05, 4.69) is 15.0 Å². The van der Waals surface area contributed by atoms with E-state index < -0.39 is 0 Å². The van der Waals surface area contributed by atoms with Crippen LogP contribution < -0.4 is 10.6 Å². The fraction of sp³-hybridized carbons (Fsp3) is 0.467. The Morgan fingerprint density at radius 2 is 1.95 bits per heavy atom. The Morgan fingerprint density at radius 3 is 2.70 bits per heavy atom. The molecule has 1 aliphatic heterocycles. The molecule has 2 atom stereocenters. The highest BCUT2D eigenvalue weighted by Crippen LogP contribution is 2.41. The van der Waals surface area contributed by atoms with Crippen molar-refractivity contribution in [3.05, 3.63) is 30.3 Å². The number of nitrogens with zero attached hydrogens (tertiary/aromatic N) is 3. The predicted molar refractivity (Wildman–Crippen MR) is 76.1 cm³/mol. The van der Waals surface area contributed by atoms with Gasteiger partial charge in [0.05, 0.1) is 0 Å². The van der Waals surface area contributed by atoms with Crippen LogP contribution in [0.2, 0.25) is 0 Å². The first-order valence-electron chi connectivity index (χ1n) is 7.21. The Labute approximate surface area is 117 Å². The molecule has 2 fully saturated rings. The molecular formula is C15H18N4O. The average molecular weight is 270 g/mol. The Kier molecular flexibility index (Phi) is 2.73. The number of rotatable bonds is 3. The van der Waals surface area contributed by atoms with Crippen LogP contribution in [0.3, 0.4) is 0 Å². The standard InChI is InChI=1S/C15H18N4O/c16-13-9-19(8-12(13)10-6-7-10)15-17-14(20-18-15)11-4-2-1-3-5-11/h1-5,10,12-13H,6-9,16H2/t12-,13+/m1/s1. The zero-order valence-electron chi connectivity index (χ0n) is 11.3. The molecule has 0 radical (unpaired) electrons. The summed E-state index contributed by atoms with van der Waals surface area (Å²) in [5.41, 5.74) is 7.19. The molecule has 0 spiro atoms. The summed E-state index contributed by atoms with van der Waals surface area (Å²) in [5.74, 6) is 2.65. The normalized spacial score (nSPS) is 26.1. The molecule has 2 N–H and O–H groups in total. The predicted octanol–water partition coefficient (Wildman–Crippen LogP) is 1.91. The average Bonchev–Trinajstić information content (AvgIpc) is 3.06. The topological polar surface area (TPSA) is 68.2 Å². The van der Waals surface area contributed by atoms with Gasteiger partial charge < -0.3 is 15.2 Å². The minimum atomic E-state index is 0.237. The van der Waals surface area contributed by atoms with E-state index in [4.69, 9.17) is 10.3 Å². The Hall–Kier alpha value is -1.88. The van der Waals surface area contributed by atoms with Gasteiger partial charge in [0.1, 0.15) is 0 Å². The molecule has 1 saturated heterocycles. The van der Waals surface area contributed by atoms with E-state index in [0.717, 1.165) is 24.6 Å². The Balaban J connectivity index is 1.54. The maximum absolute atomic E-state index is 6.24. The van der Waals surface area contributed by atoms with Crippen molar-refractivity contribution in [3.8, 4) is 11.5 Å². The van der Waals surface area contributed by atoms with Crippen molar-refractivity contribution in [1.82, 2.24) is 10.1 Å². The molecule has 1 aromatic carbocycles. The largest absolute Gasteiger partial charge is 0.336 e. The number of aromatic nitrogens is 2. The van der Waals surface area contributed by atoms with Gasteiger partial charge in [-0.2, -0.15) is 4.98 Å². The molecule has 1 aliphatic carbocycles. The fourth-order valence-electron chi connectivity index (χ4n) is 3.08. The molecule has 1 saturated carbocycles. The van der Waals surface area contributed by atoms with Gasteiger partial charge in [0.25, 0.3) is 11.8 Å². The van der Waals surface area contributed by atoms with Gasteiger partial charge in [0.15, 0.2) is 0 Å². The highest BCUT2D eigenvalue weighted by atomic mass is 16.5. The quantitative estimate of drug-likeness (QED) is 0.922. The highest BCUT2D eigenvalue weighted by molar-refractivity contribution is 5.54.